The molecule has 0 spiro atoms. The van der Waals surface area contributed by atoms with Gasteiger partial charge in [0.05, 0.1) is 0 Å². The second-order valence-electron chi connectivity index (χ2n) is 5.03. The van der Waals surface area contributed by atoms with E-state index in [1.807, 2.05) is 6.07 Å². The van der Waals surface area contributed by atoms with Crippen molar-refractivity contribution in [1.82, 2.24) is 5.32 Å². The lowest BCUT2D eigenvalue weighted by Crippen LogP contribution is -2.31. The Labute approximate surface area is 109 Å². The van der Waals surface area contributed by atoms with E-state index in [0.29, 0.717) is 25.2 Å². The van der Waals surface area contributed by atoms with E-state index < -0.39 is 0 Å². The normalized spacial score (nSPS) is 17.3. The first-order chi connectivity index (χ1) is 8.70. The van der Waals surface area contributed by atoms with E-state index in [4.69, 9.17) is 9.47 Å². The smallest absolute Gasteiger partial charge is 0.161 e. The molecule has 1 aliphatic rings. The lowest BCUT2D eigenvalue weighted by atomic mass is 10.0. The minimum absolute atomic E-state index is 0.531. The highest BCUT2D eigenvalue weighted by Gasteiger charge is 2.13. The van der Waals surface area contributed by atoms with Crippen molar-refractivity contribution < 1.29 is 9.47 Å². The Morgan fingerprint density at radius 1 is 1.17 bits per heavy atom. The standard InChI is InChI=1S/C15H23NO2/c1-4-11(2)12(3)16-10-13-5-6-14-15(9-13)18-8-7-17-14/h5-6,9,11-12,16H,4,7-8,10H2,1-3H3. The van der Waals surface area contributed by atoms with E-state index in [9.17, 15) is 0 Å². The number of fused-ring (bicyclic) bond motifs is 1. The molecule has 0 amide bonds. The zero-order valence-electron chi connectivity index (χ0n) is 11.5. The third-order valence-corrected chi connectivity index (χ3v) is 3.73. The van der Waals surface area contributed by atoms with E-state index in [1.54, 1.807) is 0 Å². The highest BCUT2D eigenvalue weighted by molar-refractivity contribution is 5.43. The van der Waals surface area contributed by atoms with E-state index in [1.165, 1.54) is 12.0 Å². The van der Waals surface area contributed by atoms with Crippen LogP contribution in [0.2, 0.25) is 0 Å². The lowest BCUT2D eigenvalue weighted by molar-refractivity contribution is 0.171. The summed E-state index contributed by atoms with van der Waals surface area (Å²) in [5, 5.41) is 3.56. The average Bonchev–Trinajstić information content (AvgIpc) is 2.43. The predicted molar refractivity (Wildman–Crippen MR) is 73.2 cm³/mol. The van der Waals surface area contributed by atoms with E-state index in [2.05, 4.69) is 38.2 Å². The Balaban J connectivity index is 1.94. The lowest BCUT2D eigenvalue weighted by Gasteiger charge is -2.21. The maximum absolute atomic E-state index is 5.59. The second kappa shape index (κ2) is 6.10. The Hall–Kier alpha value is -1.22. The topological polar surface area (TPSA) is 30.5 Å². The van der Waals surface area contributed by atoms with Gasteiger partial charge in [-0.05, 0) is 30.5 Å². The van der Waals surface area contributed by atoms with Crippen molar-refractivity contribution in [2.45, 2.75) is 39.8 Å². The van der Waals surface area contributed by atoms with Crippen LogP contribution in [0.4, 0.5) is 0 Å². The fourth-order valence-electron chi connectivity index (χ4n) is 2.03. The number of hydrogen-bond acceptors (Lipinski definition) is 3. The van der Waals surface area contributed by atoms with Crippen molar-refractivity contribution in [3.63, 3.8) is 0 Å². The molecular weight excluding hydrogens is 226 g/mol. The highest BCUT2D eigenvalue weighted by Crippen LogP contribution is 2.30. The summed E-state index contributed by atoms with van der Waals surface area (Å²) in [6.45, 7) is 8.92. The molecule has 18 heavy (non-hydrogen) atoms. The summed E-state index contributed by atoms with van der Waals surface area (Å²) in [7, 11) is 0. The predicted octanol–water partition coefficient (Wildman–Crippen LogP) is 2.98. The number of ether oxygens (including phenoxy) is 2. The molecule has 1 heterocycles. The van der Waals surface area contributed by atoms with Crippen molar-refractivity contribution in [2.75, 3.05) is 13.2 Å². The largest absolute Gasteiger partial charge is 0.486 e. The van der Waals surface area contributed by atoms with Crippen LogP contribution in [0.15, 0.2) is 18.2 Å². The third-order valence-electron chi connectivity index (χ3n) is 3.73. The molecule has 0 aromatic heterocycles. The summed E-state index contributed by atoms with van der Waals surface area (Å²) >= 11 is 0. The van der Waals surface area contributed by atoms with Crippen molar-refractivity contribution >= 4 is 0 Å². The Kier molecular flexibility index (Phi) is 4.48. The SMILES string of the molecule is CCC(C)C(C)NCc1ccc2c(c1)OCCO2. The van der Waals surface area contributed by atoms with Gasteiger partial charge in [0.2, 0.25) is 0 Å². The molecule has 0 fully saturated rings. The fourth-order valence-corrected chi connectivity index (χ4v) is 2.03. The molecule has 1 aromatic carbocycles. The molecule has 2 rings (SSSR count). The molecule has 0 bridgehead atoms. The van der Waals surface area contributed by atoms with Gasteiger partial charge in [-0.1, -0.05) is 26.3 Å². The first kappa shape index (κ1) is 13.2. The second-order valence-corrected chi connectivity index (χ2v) is 5.03. The van der Waals surface area contributed by atoms with Gasteiger partial charge >= 0.3 is 0 Å². The number of rotatable bonds is 5. The van der Waals surface area contributed by atoms with Gasteiger partial charge in [-0.15, -0.1) is 0 Å². The van der Waals surface area contributed by atoms with E-state index in [0.717, 1.165) is 18.0 Å². The summed E-state index contributed by atoms with van der Waals surface area (Å²) in [6, 6.07) is 6.71. The van der Waals surface area contributed by atoms with Crippen molar-refractivity contribution in [2.24, 2.45) is 5.92 Å². The van der Waals surface area contributed by atoms with Gasteiger partial charge in [0.25, 0.3) is 0 Å². The van der Waals surface area contributed by atoms with Crippen LogP contribution in [-0.2, 0) is 6.54 Å². The van der Waals surface area contributed by atoms with Crippen LogP contribution in [-0.4, -0.2) is 19.3 Å². The number of benzene rings is 1. The molecule has 0 radical (unpaired) electrons. The zero-order valence-corrected chi connectivity index (χ0v) is 11.5. The van der Waals surface area contributed by atoms with Gasteiger partial charge in [-0.2, -0.15) is 0 Å². The number of nitrogens with one attached hydrogen (secondary N) is 1. The summed E-state index contributed by atoms with van der Waals surface area (Å²) in [5.74, 6) is 2.43. The van der Waals surface area contributed by atoms with E-state index in [-0.39, 0.29) is 0 Å². The zero-order chi connectivity index (χ0) is 13.0. The first-order valence-electron chi connectivity index (χ1n) is 6.82. The van der Waals surface area contributed by atoms with Gasteiger partial charge in [-0.25, -0.2) is 0 Å². The van der Waals surface area contributed by atoms with Crippen molar-refractivity contribution in [3.05, 3.63) is 23.8 Å². The molecule has 1 aromatic rings. The van der Waals surface area contributed by atoms with Gasteiger partial charge < -0.3 is 14.8 Å². The maximum atomic E-state index is 5.59. The Bertz CT molecular complexity index is 392. The van der Waals surface area contributed by atoms with Gasteiger partial charge in [0.1, 0.15) is 13.2 Å². The molecular formula is C15H23NO2. The van der Waals surface area contributed by atoms with Crippen LogP contribution in [0.25, 0.3) is 0 Å². The molecule has 1 aliphatic heterocycles. The quantitative estimate of drug-likeness (QED) is 0.870. The molecule has 100 valence electrons. The summed E-state index contributed by atoms with van der Waals surface area (Å²) in [6.07, 6.45) is 1.20. The van der Waals surface area contributed by atoms with Crippen molar-refractivity contribution in [1.29, 1.82) is 0 Å². The number of hydrogen-bond donors (Lipinski definition) is 1. The molecule has 3 heteroatoms. The highest BCUT2D eigenvalue weighted by atomic mass is 16.6. The first-order valence-corrected chi connectivity index (χ1v) is 6.82. The van der Waals surface area contributed by atoms with Gasteiger partial charge in [0.15, 0.2) is 11.5 Å². The summed E-state index contributed by atoms with van der Waals surface area (Å²) in [4.78, 5) is 0. The van der Waals surface area contributed by atoms with Crippen LogP contribution < -0.4 is 14.8 Å². The van der Waals surface area contributed by atoms with Crippen LogP contribution in [0.5, 0.6) is 11.5 Å². The molecule has 2 unspecified atom stereocenters. The minimum Gasteiger partial charge on any atom is -0.486 e. The molecule has 3 nitrogen and oxygen atoms in total. The molecule has 1 N–H and O–H groups in total. The Morgan fingerprint density at radius 2 is 1.89 bits per heavy atom. The summed E-state index contributed by atoms with van der Waals surface area (Å²) in [5.41, 5.74) is 1.24. The molecule has 0 saturated carbocycles. The maximum Gasteiger partial charge on any atom is 0.161 e. The van der Waals surface area contributed by atoms with Gasteiger partial charge in [0, 0.05) is 12.6 Å². The molecule has 0 saturated heterocycles. The van der Waals surface area contributed by atoms with Crippen molar-refractivity contribution in [3.8, 4) is 11.5 Å². The van der Waals surface area contributed by atoms with Gasteiger partial charge in [-0.3, -0.25) is 0 Å². The van der Waals surface area contributed by atoms with Crippen LogP contribution in [0.1, 0.15) is 32.8 Å². The minimum atomic E-state index is 0.531. The molecule has 2 atom stereocenters. The fraction of sp³-hybridized carbons (Fsp3) is 0.600. The molecule has 0 aliphatic carbocycles. The average molecular weight is 249 g/mol. The Morgan fingerprint density at radius 3 is 2.61 bits per heavy atom. The van der Waals surface area contributed by atoms with E-state index >= 15 is 0 Å². The summed E-state index contributed by atoms with van der Waals surface area (Å²) < 4.78 is 11.1. The van der Waals surface area contributed by atoms with Crippen LogP contribution >= 0.6 is 0 Å². The third kappa shape index (κ3) is 3.16. The monoisotopic (exact) mass is 249 g/mol. The van der Waals surface area contributed by atoms with Crippen LogP contribution in [0.3, 0.4) is 0 Å². The van der Waals surface area contributed by atoms with Crippen LogP contribution in [0, 0.1) is 5.92 Å².